The summed E-state index contributed by atoms with van der Waals surface area (Å²) in [7, 11) is 2.98. The second kappa shape index (κ2) is 5.85. The van der Waals surface area contributed by atoms with Crippen LogP contribution in [0, 0.1) is 0 Å². The Hall–Kier alpha value is -2.31. The van der Waals surface area contributed by atoms with E-state index in [2.05, 4.69) is 10.3 Å². The largest absolute Gasteiger partial charge is 0.492 e. The lowest BCUT2D eigenvalue weighted by atomic mass is 10.2. The van der Waals surface area contributed by atoms with Crippen LogP contribution >= 0.6 is 0 Å². The molecule has 2 amide bonds. The van der Waals surface area contributed by atoms with Gasteiger partial charge in [0.1, 0.15) is 0 Å². The topological polar surface area (TPSA) is 91.8 Å². The van der Waals surface area contributed by atoms with Gasteiger partial charge in [0, 0.05) is 19.8 Å². The third-order valence-corrected chi connectivity index (χ3v) is 2.37. The highest BCUT2D eigenvalue weighted by atomic mass is 16.5. The molecule has 0 aliphatic carbocycles. The van der Waals surface area contributed by atoms with Crippen molar-refractivity contribution in [2.45, 2.75) is 6.92 Å². The van der Waals surface area contributed by atoms with Gasteiger partial charge in [-0.05, 0) is 13.0 Å². The molecule has 7 heteroatoms. The Morgan fingerprint density at radius 3 is 2.72 bits per heavy atom. The van der Waals surface area contributed by atoms with Crippen molar-refractivity contribution in [3.05, 3.63) is 18.0 Å². The van der Waals surface area contributed by atoms with E-state index in [1.165, 1.54) is 24.3 Å². The summed E-state index contributed by atoms with van der Waals surface area (Å²) in [5.74, 6) is -0.214. The average Bonchev–Trinajstić information content (AvgIpc) is 2.35. The van der Waals surface area contributed by atoms with Gasteiger partial charge in [-0.25, -0.2) is 9.78 Å². The summed E-state index contributed by atoms with van der Waals surface area (Å²) in [5, 5.41) is 10.8. The highest BCUT2D eigenvalue weighted by Gasteiger charge is 2.20. The van der Waals surface area contributed by atoms with Crippen LogP contribution in [-0.4, -0.2) is 47.7 Å². The minimum absolute atomic E-state index is 0.0769. The predicted octanol–water partition coefficient (Wildman–Crippen LogP) is 1.27. The number of aromatic nitrogens is 1. The Labute approximate surface area is 104 Å². The molecule has 1 aromatic rings. The Morgan fingerprint density at radius 2 is 2.22 bits per heavy atom. The van der Waals surface area contributed by atoms with Gasteiger partial charge in [-0.15, -0.1) is 0 Å². The van der Waals surface area contributed by atoms with Crippen molar-refractivity contribution in [1.82, 2.24) is 9.88 Å². The van der Waals surface area contributed by atoms with Crippen LogP contribution in [0.4, 0.5) is 10.5 Å². The van der Waals surface area contributed by atoms with Crippen LogP contribution in [0.25, 0.3) is 0 Å². The van der Waals surface area contributed by atoms with Gasteiger partial charge in [-0.2, -0.15) is 0 Å². The van der Waals surface area contributed by atoms with Gasteiger partial charge >= 0.3 is 6.09 Å². The fraction of sp³-hybridized carbons (Fsp3) is 0.364. The Balaban J connectivity index is 3.20. The number of rotatable bonds is 4. The number of pyridine rings is 1. The summed E-state index contributed by atoms with van der Waals surface area (Å²) < 4.78 is 5.06. The smallest absolute Gasteiger partial charge is 0.409 e. The molecule has 0 aromatic carbocycles. The summed E-state index contributed by atoms with van der Waals surface area (Å²) in [4.78, 5) is 28.0. The molecule has 0 saturated carbocycles. The summed E-state index contributed by atoms with van der Waals surface area (Å²) in [6.45, 7) is 2.34. The first-order valence-electron chi connectivity index (χ1n) is 5.29. The SMILES string of the molecule is CCN(C)C(=O)c1nccc(NC(=O)O)c1OC. The minimum atomic E-state index is -1.23. The quantitative estimate of drug-likeness (QED) is 0.843. The van der Waals surface area contributed by atoms with Crippen molar-refractivity contribution in [2.24, 2.45) is 0 Å². The number of amides is 2. The van der Waals surface area contributed by atoms with Crippen LogP contribution in [0.5, 0.6) is 5.75 Å². The number of carbonyl (C=O) groups excluding carboxylic acids is 1. The molecule has 0 radical (unpaired) electrons. The summed E-state index contributed by atoms with van der Waals surface area (Å²) in [5.41, 5.74) is 0.265. The number of anilines is 1. The molecule has 0 fully saturated rings. The Kier molecular flexibility index (Phi) is 4.47. The van der Waals surface area contributed by atoms with Gasteiger partial charge in [0.05, 0.1) is 12.8 Å². The third kappa shape index (κ3) is 2.88. The van der Waals surface area contributed by atoms with Gasteiger partial charge in [0.15, 0.2) is 11.4 Å². The monoisotopic (exact) mass is 253 g/mol. The second-order valence-electron chi connectivity index (χ2n) is 3.49. The number of carboxylic acid groups (broad SMARTS) is 1. The molecule has 0 atom stereocenters. The number of hydrogen-bond donors (Lipinski definition) is 2. The lowest BCUT2D eigenvalue weighted by Gasteiger charge is -2.17. The van der Waals surface area contributed by atoms with E-state index < -0.39 is 6.09 Å². The van der Waals surface area contributed by atoms with Crippen LogP contribution < -0.4 is 10.1 Å². The van der Waals surface area contributed by atoms with E-state index in [0.29, 0.717) is 6.54 Å². The van der Waals surface area contributed by atoms with Crippen molar-refractivity contribution < 1.29 is 19.4 Å². The predicted molar refractivity (Wildman–Crippen MR) is 65.1 cm³/mol. The molecule has 98 valence electrons. The van der Waals surface area contributed by atoms with Crippen LogP contribution in [0.15, 0.2) is 12.3 Å². The van der Waals surface area contributed by atoms with Crippen molar-refractivity contribution >= 4 is 17.7 Å². The highest BCUT2D eigenvalue weighted by molar-refractivity contribution is 5.98. The van der Waals surface area contributed by atoms with E-state index in [4.69, 9.17) is 9.84 Å². The van der Waals surface area contributed by atoms with E-state index in [0.717, 1.165) is 0 Å². The molecule has 1 heterocycles. The number of hydrogen-bond acceptors (Lipinski definition) is 4. The molecule has 0 aliphatic rings. The summed E-state index contributed by atoms with van der Waals surface area (Å²) in [6, 6.07) is 1.43. The maximum Gasteiger partial charge on any atom is 0.409 e. The first-order valence-corrected chi connectivity index (χ1v) is 5.29. The number of nitrogens with one attached hydrogen (secondary N) is 1. The molecular weight excluding hydrogens is 238 g/mol. The molecule has 0 spiro atoms. The Bertz CT molecular complexity index is 462. The maximum atomic E-state index is 12.0. The van der Waals surface area contributed by atoms with Crippen molar-refractivity contribution in [2.75, 3.05) is 26.0 Å². The molecule has 0 bridgehead atoms. The van der Waals surface area contributed by atoms with Gasteiger partial charge in [0.25, 0.3) is 5.91 Å². The van der Waals surface area contributed by atoms with E-state index >= 15 is 0 Å². The van der Waals surface area contributed by atoms with Gasteiger partial charge in [-0.1, -0.05) is 0 Å². The van der Waals surface area contributed by atoms with Crippen LogP contribution in [0.1, 0.15) is 17.4 Å². The van der Waals surface area contributed by atoms with Crippen LogP contribution in [-0.2, 0) is 0 Å². The normalized spacial score (nSPS) is 9.72. The van der Waals surface area contributed by atoms with Crippen molar-refractivity contribution in [3.63, 3.8) is 0 Å². The standard InChI is InChI=1S/C11H15N3O4/c1-4-14(2)10(15)8-9(18-3)7(5-6-12-8)13-11(16)17/h5-6H,4H2,1-3H3,(H,12,13)(H,16,17). The number of nitrogens with zero attached hydrogens (tertiary/aromatic N) is 2. The zero-order valence-electron chi connectivity index (χ0n) is 10.4. The molecule has 0 saturated heterocycles. The molecule has 7 nitrogen and oxygen atoms in total. The molecule has 0 aliphatic heterocycles. The number of methoxy groups -OCH3 is 1. The first kappa shape index (κ1) is 13.8. The average molecular weight is 253 g/mol. The van der Waals surface area contributed by atoms with Gasteiger partial charge in [-0.3, -0.25) is 10.1 Å². The maximum absolute atomic E-state index is 12.0. The minimum Gasteiger partial charge on any atom is -0.492 e. The van der Waals surface area contributed by atoms with Gasteiger partial charge < -0.3 is 14.7 Å². The van der Waals surface area contributed by atoms with E-state index in [-0.39, 0.29) is 23.0 Å². The van der Waals surface area contributed by atoms with Crippen LogP contribution in [0.2, 0.25) is 0 Å². The Morgan fingerprint density at radius 1 is 1.56 bits per heavy atom. The van der Waals surface area contributed by atoms with E-state index in [1.807, 2.05) is 6.92 Å². The molecule has 1 aromatic heterocycles. The van der Waals surface area contributed by atoms with Crippen molar-refractivity contribution in [3.8, 4) is 5.75 Å². The zero-order chi connectivity index (χ0) is 13.7. The second-order valence-corrected chi connectivity index (χ2v) is 3.49. The number of ether oxygens (including phenoxy) is 1. The molecule has 2 N–H and O–H groups in total. The molecule has 18 heavy (non-hydrogen) atoms. The fourth-order valence-corrected chi connectivity index (χ4v) is 1.35. The third-order valence-electron chi connectivity index (χ3n) is 2.37. The van der Waals surface area contributed by atoms with Gasteiger partial charge in [0.2, 0.25) is 0 Å². The molecular formula is C11H15N3O4. The summed E-state index contributed by atoms with van der Waals surface area (Å²) in [6.07, 6.45) is 0.117. The molecule has 0 unspecified atom stereocenters. The highest BCUT2D eigenvalue weighted by Crippen LogP contribution is 2.27. The fourth-order valence-electron chi connectivity index (χ4n) is 1.35. The zero-order valence-corrected chi connectivity index (χ0v) is 10.4. The number of carbonyl (C=O) groups is 2. The first-order chi connectivity index (χ1) is 8.51. The molecule has 1 rings (SSSR count). The van der Waals surface area contributed by atoms with E-state index in [9.17, 15) is 9.59 Å². The van der Waals surface area contributed by atoms with E-state index in [1.54, 1.807) is 7.05 Å². The van der Waals surface area contributed by atoms with Crippen molar-refractivity contribution in [1.29, 1.82) is 0 Å². The summed E-state index contributed by atoms with van der Waals surface area (Å²) >= 11 is 0. The lowest BCUT2D eigenvalue weighted by molar-refractivity contribution is 0.0793. The lowest BCUT2D eigenvalue weighted by Crippen LogP contribution is -2.27. The van der Waals surface area contributed by atoms with Crippen LogP contribution in [0.3, 0.4) is 0 Å².